The Morgan fingerprint density at radius 1 is 1.17 bits per heavy atom. The summed E-state index contributed by atoms with van der Waals surface area (Å²) < 4.78 is 36.1. The SMILES string of the molecule is CN(Cc1ccccc1NC(=O)c1ccc2c(c1)[C@@H](NS(=O)(=O)c1cc(Br)c(Cl)s1)[C@H](O)C(C)(C)O2)C1CCCCC1. The van der Waals surface area contributed by atoms with Crippen LogP contribution >= 0.6 is 38.9 Å². The van der Waals surface area contributed by atoms with Gasteiger partial charge in [0.2, 0.25) is 0 Å². The van der Waals surface area contributed by atoms with Gasteiger partial charge in [-0.3, -0.25) is 9.69 Å². The third kappa shape index (κ3) is 6.72. The Bertz CT molecular complexity index is 1550. The van der Waals surface area contributed by atoms with E-state index in [-0.39, 0.29) is 10.1 Å². The maximum atomic E-state index is 13.5. The van der Waals surface area contributed by atoms with Crippen LogP contribution in [0.4, 0.5) is 5.69 Å². The number of hydrogen-bond donors (Lipinski definition) is 3. The lowest BCUT2D eigenvalue weighted by molar-refractivity contribution is -0.0603. The minimum atomic E-state index is -4.06. The number of ether oxygens (including phenoxy) is 1. The number of aliphatic hydroxyl groups excluding tert-OH is 1. The Morgan fingerprint density at radius 2 is 1.88 bits per heavy atom. The van der Waals surface area contributed by atoms with E-state index in [0.717, 1.165) is 22.6 Å². The van der Waals surface area contributed by atoms with E-state index in [1.54, 1.807) is 32.0 Å². The Kier molecular flexibility index (Phi) is 9.39. The molecule has 1 aromatic heterocycles. The minimum absolute atomic E-state index is 0.00104. The zero-order valence-corrected chi connectivity index (χ0v) is 27.7. The van der Waals surface area contributed by atoms with Gasteiger partial charge >= 0.3 is 0 Å². The number of fused-ring (bicyclic) bond motifs is 1. The summed E-state index contributed by atoms with van der Waals surface area (Å²) in [6.45, 7) is 4.08. The summed E-state index contributed by atoms with van der Waals surface area (Å²) in [5.41, 5.74) is 1.32. The molecule has 1 saturated carbocycles. The van der Waals surface area contributed by atoms with E-state index < -0.39 is 27.8 Å². The third-order valence-electron chi connectivity index (χ3n) is 8.06. The summed E-state index contributed by atoms with van der Waals surface area (Å²) in [5, 5.41) is 14.3. The molecule has 5 rings (SSSR count). The monoisotopic (exact) mass is 695 g/mol. The molecule has 1 aliphatic carbocycles. The maximum Gasteiger partial charge on any atom is 0.255 e. The lowest BCUT2D eigenvalue weighted by Gasteiger charge is -2.42. The van der Waals surface area contributed by atoms with E-state index >= 15 is 0 Å². The number of sulfonamides is 1. The van der Waals surface area contributed by atoms with Crippen molar-refractivity contribution in [1.82, 2.24) is 9.62 Å². The number of benzene rings is 2. The van der Waals surface area contributed by atoms with Crippen LogP contribution in [0.2, 0.25) is 4.34 Å². The molecule has 3 N–H and O–H groups in total. The van der Waals surface area contributed by atoms with Crippen molar-refractivity contribution in [3.05, 3.63) is 74.0 Å². The molecule has 0 radical (unpaired) electrons. The number of hydrogen-bond acceptors (Lipinski definition) is 7. The standard InChI is InChI=1S/C30H35BrClN3O5S2/c1-30(2)27(36)26(34-42(38,39)25-16-22(31)28(32)41-25)21-15-18(13-14-24(21)40-30)29(37)33-23-12-8-7-9-19(23)17-35(3)20-10-5-4-6-11-20/h7-9,12-16,20,26-27,34,36H,4-6,10-11,17H2,1-3H3,(H,33,37)/t26-,27+/m1/s1. The van der Waals surface area contributed by atoms with Gasteiger partial charge in [-0.25, -0.2) is 13.1 Å². The number of rotatable bonds is 8. The van der Waals surface area contributed by atoms with Gasteiger partial charge in [-0.05, 0) is 85.6 Å². The fourth-order valence-electron chi connectivity index (χ4n) is 5.65. The number of nitrogens with one attached hydrogen (secondary N) is 2. The highest BCUT2D eigenvalue weighted by Crippen LogP contribution is 2.42. The molecule has 1 fully saturated rings. The number of anilines is 1. The maximum absolute atomic E-state index is 13.5. The van der Waals surface area contributed by atoms with Crippen molar-refractivity contribution in [1.29, 1.82) is 0 Å². The van der Waals surface area contributed by atoms with Gasteiger partial charge in [-0.1, -0.05) is 49.1 Å². The first-order chi connectivity index (χ1) is 19.9. The Labute approximate surface area is 264 Å². The predicted molar refractivity (Wildman–Crippen MR) is 170 cm³/mol. The van der Waals surface area contributed by atoms with Gasteiger partial charge in [-0.2, -0.15) is 0 Å². The molecular weight excluding hydrogens is 662 g/mol. The average Bonchev–Trinajstić information content (AvgIpc) is 3.31. The highest BCUT2D eigenvalue weighted by Gasteiger charge is 2.45. The quantitative estimate of drug-likeness (QED) is 0.241. The number of thiophene rings is 1. The largest absolute Gasteiger partial charge is 0.485 e. The zero-order valence-electron chi connectivity index (χ0n) is 23.7. The van der Waals surface area contributed by atoms with E-state index in [1.165, 1.54) is 38.2 Å². The van der Waals surface area contributed by atoms with E-state index in [0.29, 0.717) is 38.3 Å². The summed E-state index contributed by atoms with van der Waals surface area (Å²) in [6, 6.07) is 13.5. The molecule has 2 aromatic carbocycles. The molecule has 1 amide bonds. The molecule has 226 valence electrons. The van der Waals surface area contributed by atoms with Crippen LogP contribution in [0.25, 0.3) is 0 Å². The van der Waals surface area contributed by atoms with Gasteiger partial charge in [-0.15, -0.1) is 11.3 Å². The van der Waals surface area contributed by atoms with Gasteiger partial charge < -0.3 is 15.2 Å². The van der Waals surface area contributed by atoms with Crippen LogP contribution in [0.5, 0.6) is 5.75 Å². The molecule has 12 heteroatoms. The number of carbonyl (C=O) groups is 1. The molecule has 3 aromatic rings. The Morgan fingerprint density at radius 3 is 2.57 bits per heavy atom. The van der Waals surface area contributed by atoms with Crippen molar-refractivity contribution in [2.75, 3.05) is 12.4 Å². The van der Waals surface area contributed by atoms with Crippen molar-refractivity contribution in [2.24, 2.45) is 0 Å². The van der Waals surface area contributed by atoms with Crippen LogP contribution in [0.1, 0.15) is 73.5 Å². The number of nitrogens with zero attached hydrogens (tertiary/aromatic N) is 1. The number of aliphatic hydroxyl groups is 1. The number of amides is 1. The van der Waals surface area contributed by atoms with Crippen molar-refractivity contribution < 1.29 is 23.1 Å². The second kappa shape index (κ2) is 12.6. The summed E-state index contributed by atoms with van der Waals surface area (Å²) in [7, 11) is -1.93. The van der Waals surface area contributed by atoms with Crippen molar-refractivity contribution >= 4 is 60.5 Å². The molecule has 0 bridgehead atoms. The van der Waals surface area contributed by atoms with E-state index in [2.05, 4.69) is 37.9 Å². The Balaban J connectivity index is 1.40. The smallest absolute Gasteiger partial charge is 0.255 e. The fraction of sp³-hybridized carbons (Fsp3) is 0.433. The Hall–Kier alpha value is -1.99. The predicted octanol–water partition coefficient (Wildman–Crippen LogP) is 6.73. The van der Waals surface area contributed by atoms with Crippen LogP contribution in [0, 0.1) is 0 Å². The van der Waals surface area contributed by atoms with Crippen molar-refractivity contribution in [3.63, 3.8) is 0 Å². The summed E-state index contributed by atoms with van der Waals surface area (Å²) in [6.07, 6.45) is 4.92. The number of carbonyl (C=O) groups excluding carboxylic acids is 1. The number of halogens is 2. The van der Waals surface area contributed by atoms with Gasteiger partial charge in [0.05, 0.1) is 6.04 Å². The summed E-state index contributed by atoms with van der Waals surface area (Å²) in [5.74, 6) is 0.0370. The van der Waals surface area contributed by atoms with Crippen LogP contribution in [-0.2, 0) is 16.6 Å². The summed E-state index contributed by atoms with van der Waals surface area (Å²) in [4.78, 5) is 15.9. The lowest BCUT2D eigenvalue weighted by Crippen LogP contribution is -2.53. The molecule has 2 heterocycles. The van der Waals surface area contributed by atoms with Crippen LogP contribution < -0.4 is 14.8 Å². The first kappa shape index (κ1) is 31.4. The van der Waals surface area contributed by atoms with Gasteiger partial charge in [0.15, 0.2) is 0 Å². The second-order valence-corrected chi connectivity index (χ2v) is 16.0. The first-order valence-corrected chi connectivity index (χ1v) is 17.4. The molecular formula is C30H35BrClN3O5S2. The second-order valence-electron chi connectivity index (χ2n) is 11.5. The van der Waals surface area contributed by atoms with Gasteiger partial charge in [0.1, 0.15) is 26.0 Å². The molecule has 0 saturated heterocycles. The van der Waals surface area contributed by atoms with Crippen LogP contribution in [-0.4, -0.2) is 49.1 Å². The molecule has 8 nitrogen and oxygen atoms in total. The summed E-state index contributed by atoms with van der Waals surface area (Å²) >= 11 is 10.3. The van der Waals surface area contributed by atoms with E-state index in [4.69, 9.17) is 16.3 Å². The average molecular weight is 697 g/mol. The zero-order chi connectivity index (χ0) is 30.2. The molecule has 42 heavy (non-hydrogen) atoms. The molecule has 1 aliphatic heterocycles. The van der Waals surface area contributed by atoms with Crippen molar-refractivity contribution in [3.8, 4) is 5.75 Å². The van der Waals surface area contributed by atoms with E-state index in [1.807, 2.05) is 24.3 Å². The highest BCUT2D eigenvalue weighted by molar-refractivity contribution is 9.10. The molecule has 0 spiro atoms. The topological polar surface area (TPSA) is 108 Å². The lowest BCUT2D eigenvalue weighted by atomic mass is 9.86. The van der Waals surface area contributed by atoms with Gasteiger partial charge in [0, 0.05) is 33.9 Å². The minimum Gasteiger partial charge on any atom is -0.485 e. The van der Waals surface area contributed by atoms with Crippen LogP contribution in [0.3, 0.4) is 0 Å². The molecule has 0 unspecified atom stereocenters. The molecule has 2 aliphatic rings. The number of para-hydroxylation sites is 1. The van der Waals surface area contributed by atoms with Gasteiger partial charge in [0.25, 0.3) is 15.9 Å². The van der Waals surface area contributed by atoms with Crippen LogP contribution in [0.15, 0.2) is 57.2 Å². The highest BCUT2D eigenvalue weighted by atomic mass is 79.9. The fourth-order valence-corrected chi connectivity index (χ4v) is 9.19. The first-order valence-electron chi connectivity index (χ1n) is 13.9. The molecule has 2 atom stereocenters. The van der Waals surface area contributed by atoms with Crippen molar-refractivity contribution in [2.45, 2.75) is 80.5 Å². The normalized spacial score (nSPS) is 20.6. The third-order valence-corrected chi connectivity index (χ3v) is 12.5. The van der Waals surface area contributed by atoms with E-state index in [9.17, 15) is 18.3 Å².